The number of aliphatic imine (C=N–C) groups is 1. The number of aryl methyl sites for hydroxylation is 1. The van der Waals surface area contributed by atoms with Gasteiger partial charge in [0.25, 0.3) is 0 Å². The highest BCUT2D eigenvalue weighted by Gasteiger charge is 2.20. The topological polar surface area (TPSA) is 67.1 Å². The van der Waals surface area contributed by atoms with Gasteiger partial charge in [-0.05, 0) is 25.0 Å². The first-order valence-corrected chi connectivity index (χ1v) is 8.93. The van der Waals surface area contributed by atoms with Crippen LogP contribution in [-0.2, 0) is 13.0 Å². The van der Waals surface area contributed by atoms with E-state index in [-0.39, 0.29) is 12.0 Å². The summed E-state index contributed by atoms with van der Waals surface area (Å²) in [5.74, 6) is 0.443. The number of halogens is 2. The molecule has 0 aliphatic carbocycles. The zero-order valence-corrected chi connectivity index (χ0v) is 15.0. The Balaban J connectivity index is 1.63. The molecule has 1 aliphatic heterocycles. The van der Waals surface area contributed by atoms with Crippen molar-refractivity contribution < 1.29 is 8.78 Å². The normalized spacial score (nSPS) is 18.3. The van der Waals surface area contributed by atoms with Gasteiger partial charge in [0.2, 0.25) is 0 Å². The second kappa shape index (κ2) is 8.25. The maximum Gasteiger partial charge on any atom is 0.191 e. The molecule has 2 atom stereocenters. The van der Waals surface area contributed by atoms with Gasteiger partial charge >= 0.3 is 0 Å². The van der Waals surface area contributed by atoms with Gasteiger partial charge in [-0.3, -0.25) is 4.99 Å². The van der Waals surface area contributed by atoms with Gasteiger partial charge in [0.15, 0.2) is 5.96 Å². The highest BCUT2D eigenvalue weighted by Crippen LogP contribution is 2.20. The van der Waals surface area contributed by atoms with Crippen LogP contribution in [0, 0.1) is 11.6 Å². The lowest BCUT2D eigenvalue weighted by atomic mass is 10.0. The first-order valence-electron chi connectivity index (χ1n) is 8.93. The molecule has 2 N–H and O–H groups in total. The van der Waals surface area contributed by atoms with Crippen LogP contribution < -0.4 is 10.6 Å². The van der Waals surface area contributed by atoms with E-state index in [2.05, 4.69) is 25.7 Å². The monoisotopic (exact) mass is 362 g/mol. The van der Waals surface area contributed by atoms with Gasteiger partial charge in [-0.2, -0.15) is 5.10 Å². The van der Waals surface area contributed by atoms with Crippen LogP contribution in [0.1, 0.15) is 37.6 Å². The molecule has 0 radical (unpaired) electrons. The molecule has 0 amide bonds. The average Bonchev–Trinajstić information content (AvgIpc) is 3.07. The van der Waals surface area contributed by atoms with Gasteiger partial charge in [-0.1, -0.05) is 13.0 Å². The van der Waals surface area contributed by atoms with Crippen LogP contribution in [0.25, 0.3) is 0 Å². The molecule has 6 nitrogen and oxygen atoms in total. The number of nitrogens with one attached hydrogen (secondary N) is 2. The fourth-order valence-corrected chi connectivity index (χ4v) is 3.10. The second-order valence-electron chi connectivity index (χ2n) is 6.52. The Kier molecular flexibility index (Phi) is 5.80. The molecule has 2 heterocycles. The molecule has 1 aromatic heterocycles. The Hall–Kier alpha value is -2.51. The second-order valence-corrected chi connectivity index (χ2v) is 6.52. The Labute approximate surface area is 151 Å². The average molecular weight is 362 g/mol. The third-order valence-corrected chi connectivity index (χ3v) is 4.51. The first-order chi connectivity index (χ1) is 12.6. The summed E-state index contributed by atoms with van der Waals surface area (Å²) in [6, 6.07) is 3.88. The van der Waals surface area contributed by atoms with Crippen LogP contribution in [0.3, 0.4) is 0 Å². The zero-order valence-electron chi connectivity index (χ0n) is 15.0. The molecule has 0 saturated heterocycles. The quantitative estimate of drug-likeness (QED) is 0.632. The molecule has 0 saturated carbocycles. The summed E-state index contributed by atoms with van der Waals surface area (Å²) in [6.07, 6.45) is 3.40. The van der Waals surface area contributed by atoms with E-state index >= 15 is 0 Å². The number of hydrogen-bond acceptors (Lipinski definition) is 3. The Morgan fingerprint density at radius 1 is 1.42 bits per heavy atom. The molecule has 140 valence electrons. The van der Waals surface area contributed by atoms with E-state index in [9.17, 15) is 8.78 Å². The van der Waals surface area contributed by atoms with E-state index in [1.54, 1.807) is 6.33 Å². The van der Waals surface area contributed by atoms with Crippen molar-refractivity contribution in [2.24, 2.45) is 4.99 Å². The smallest absolute Gasteiger partial charge is 0.191 e. The molecule has 0 spiro atoms. The van der Waals surface area contributed by atoms with Gasteiger partial charge in [0.05, 0.1) is 6.54 Å². The number of aromatic nitrogens is 3. The summed E-state index contributed by atoms with van der Waals surface area (Å²) >= 11 is 0. The maximum atomic E-state index is 13.9. The highest BCUT2D eigenvalue weighted by atomic mass is 19.1. The summed E-state index contributed by atoms with van der Waals surface area (Å²) in [5.41, 5.74) is 0.468. The van der Waals surface area contributed by atoms with Crippen LogP contribution in [0.5, 0.6) is 0 Å². The molecular weight excluding hydrogens is 338 g/mol. The van der Waals surface area contributed by atoms with Crippen molar-refractivity contribution in [3.8, 4) is 0 Å². The summed E-state index contributed by atoms with van der Waals surface area (Å²) in [4.78, 5) is 8.81. The first kappa shape index (κ1) is 18.3. The molecule has 3 rings (SSSR count). The summed E-state index contributed by atoms with van der Waals surface area (Å²) in [6.45, 7) is 5.75. The van der Waals surface area contributed by atoms with E-state index in [1.807, 2.05) is 18.5 Å². The zero-order chi connectivity index (χ0) is 18.5. The van der Waals surface area contributed by atoms with Crippen molar-refractivity contribution in [1.29, 1.82) is 0 Å². The van der Waals surface area contributed by atoms with Crippen molar-refractivity contribution in [3.05, 3.63) is 47.5 Å². The standard InChI is InChI=1S/C18H24F2N6/c1-3-21-18(25-14-5-7-17-23-11-24-26(17)10-14)22-9-12(2)15-6-4-13(19)8-16(15)20/h4,6,8,11-12,14H,3,5,7,9-10H2,1-2H3,(H2,21,22,25). The third-order valence-electron chi connectivity index (χ3n) is 4.51. The minimum Gasteiger partial charge on any atom is -0.357 e. The summed E-state index contributed by atoms with van der Waals surface area (Å²) in [7, 11) is 0. The Morgan fingerprint density at radius 2 is 2.27 bits per heavy atom. The maximum absolute atomic E-state index is 13.9. The van der Waals surface area contributed by atoms with E-state index in [1.165, 1.54) is 12.1 Å². The van der Waals surface area contributed by atoms with Gasteiger partial charge in [0, 0.05) is 37.5 Å². The Morgan fingerprint density at radius 3 is 3.04 bits per heavy atom. The molecular formula is C18H24F2N6. The SMILES string of the molecule is CCNC(=NCC(C)c1ccc(F)cc1F)NC1CCc2ncnn2C1. The van der Waals surface area contributed by atoms with Crippen LogP contribution in [0.2, 0.25) is 0 Å². The molecule has 8 heteroatoms. The Bertz CT molecular complexity index is 773. The minimum atomic E-state index is -0.568. The summed E-state index contributed by atoms with van der Waals surface area (Å²) < 4.78 is 28.9. The fourth-order valence-electron chi connectivity index (χ4n) is 3.10. The molecule has 0 bridgehead atoms. The molecule has 0 fully saturated rings. The van der Waals surface area contributed by atoms with Crippen LogP contribution >= 0.6 is 0 Å². The van der Waals surface area contributed by atoms with Gasteiger partial charge in [0.1, 0.15) is 23.8 Å². The number of benzene rings is 1. The molecule has 1 aromatic carbocycles. The molecule has 1 aliphatic rings. The van der Waals surface area contributed by atoms with Crippen molar-refractivity contribution in [2.45, 2.75) is 45.2 Å². The van der Waals surface area contributed by atoms with Crippen LogP contribution in [0.4, 0.5) is 8.78 Å². The largest absolute Gasteiger partial charge is 0.357 e. The lowest BCUT2D eigenvalue weighted by Crippen LogP contribution is -2.47. The van der Waals surface area contributed by atoms with E-state index < -0.39 is 11.6 Å². The minimum absolute atomic E-state index is 0.153. The van der Waals surface area contributed by atoms with Crippen molar-refractivity contribution in [3.63, 3.8) is 0 Å². The molecule has 2 unspecified atom stereocenters. The van der Waals surface area contributed by atoms with Crippen molar-refractivity contribution >= 4 is 5.96 Å². The number of nitrogens with zero attached hydrogens (tertiary/aromatic N) is 4. The van der Waals surface area contributed by atoms with Crippen LogP contribution in [-0.4, -0.2) is 39.9 Å². The molecule has 2 aromatic rings. The predicted octanol–water partition coefficient (Wildman–Crippen LogP) is 2.23. The predicted molar refractivity (Wildman–Crippen MR) is 96.0 cm³/mol. The van der Waals surface area contributed by atoms with Crippen LogP contribution in [0.15, 0.2) is 29.5 Å². The van der Waals surface area contributed by atoms with E-state index in [0.717, 1.165) is 37.8 Å². The summed E-state index contributed by atoms with van der Waals surface area (Å²) in [5, 5.41) is 10.9. The number of fused-ring (bicyclic) bond motifs is 1. The van der Waals surface area contributed by atoms with E-state index in [4.69, 9.17) is 0 Å². The third kappa shape index (κ3) is 4.36. The van der Waals surface area contributed by atoms with Crippen molar-refractivity contribution in [1.82, 2.24) is 25.4 Å². The number of guanidine groups is 1. The van der Waals surface area contributed by atoms with Crippen molar-refractivity contribution in [2.75, 3.05) is 13.1 Å². The molecule has 26 heavy (non-hydrogen) atoms. The fraction of sp³-hybridized carbons (Fsp3) is 0.500. The number of hydrogen-bond donors (Lipinski definition) is 2. The van der Waals surface area contributed by atoms with Gasteiger partial charge < -0.3 is 10.6 Å². The lowest BCUT2D eigenvalue weighted by Gasteiger charge is -2.25. The number of rotatable bonds is 5. The van der Waals surface area contributed by atoms with Gasteiger partial charge in [-0.15, -0.1) is 0 Å². The van der Waals surface area contributed by atoms with E-state index in [0.29, 0.717) is 18.1 Å². The lowest BCUT2D eigenvalue weighted by molar-refractivity contribution is 0.392. The van der Waals surface area contributed by atoms with Gasteiger partial charge in [-0.25, -0.2) is 18.4 Å². The highest BCUT2D eigenvalue weighted by molar-refractivity contribution is 5.80.